The van der Waals surface area contributed by atoms with E-state index in [2.05, 4.69) is 252 Å². The molecule has 10 aromatic rings. The van der Waals surface area contributed by atoms with Crippen LogP contribution in [0.4, 0.5) is 17.1 Å². The Kier molecular flexibility index (Phi) is 10.4. The standard InChI is InChI=1S/C63H59N5/c1-40(2)47-26-20-27-48(41(3)4)58(47)59-60(42-21-12-10-13-22-42)65-68(61(59)43-23-14-11-15-24-43)46-32-34-52-56(39-46)66(54-30-19-17-28-51(54)63(52,8)9)45-31-33-50-49-25-16-18-29-53(49)67(55(50)38-45)57-37-44(35-36-64-57)62(5,6)7/h10-41H,1-9H3. The molecule has 0 atom stereocenters. The summed E-state index contributed by atoms with van der Waals surface area (Å²) in [5.41, 5.74) is 19.5. The number of anilines is 3. The van der Waals surface area contributed by atoms with Gasteiger partial charge in [-0.3, -0.25) is 4.57 Å². The zero-order valence-corrected chi connectivity index (χ0v) is 40.7. The second-order valence-corrected chi connectivity index (χ2v) is 20.7. The number of hydrogen-bond donors (Lipinski definition) is 0. The van der Waals surface area contributed by atoms with Gasteiger partial charge in [0.1, 0.15) is 11.5 Å². The van der Waals surface area contributed by atoms with Crippen molar-refractivity contribution in [2.24, 2.45) is 0 Å². The third-order valence-electron chi connectivity index (χ3n) is 14.3. The Bertz CT molecular complexity index is 3500. The third kappa shape index (κ3) is 6.98. The van der Waals surface area contributed by atoms with E-state index in [4.69, 9.17) is 10.1 Å². The van der Waals surface area contributed by atoms with E-state index < -0.39 is 0 Å². The van der Waals surface area contributed by atoms with Crippen LogP contribution >= 0.6 is 0 Å². The number of pyridine rings is 1. The molecule has 0 aliphatic carbocycles. The maximum Gasteiger partial charge on any atom is 0.137 e. The van der Waals surface area contributed by atoms with Crippen molar-refractivity contribution in [3.05, 3.63) is 210 Å². The molecule has 7 aromatic carbocycles. The lowest BCUT2D eigenvalue weighted by Crippen LogP contribution is -2.30. The normalized spacial score (nSPS) is 13.4. The van der Waals surface area contributed by atoms with Gasteiger partial charge in [0.15, 0.2) is 0 Å². The summed E-state index contributed by atoms with van der Waals surface area (Å²) in [5, 5.41) is 8.15. The fourth-order valence-electron chi connectivity index (χ4n) is 10.8. The molecule has 11 rings (SSSR count). The average molecular weight is 886 g/mol. The van der Waals surface area contributed by atoms with Crippen LogP contribution in [-0.4, -0.2) is 19.3 Å². The van der Waals surface area contributed by atoms with Gasteiger partial charge in [-0.05, 0) is 99.2 Å². The summed E-state index contributed by atoms with van der Waals surface area (Å²) in [7, 11) is 0. The molecule has 0 saturated carbocycles. The molecule has 0 radical (unpaired) electrons. The minimum atomic E-state index is -0.285. The minimum Gasteiger partial charge on any atom is -0.310 e. The molecule has 5 heteroatoms. The predicted molar refractivity (Wildman–Crippen MR) is 286 cm³/mol. The Balaban J connectivity index is 1.20. The highest BCUT2D eigenvalue weighted by molar-refractivity contribution is 6.10. The molecule has 68 heavy (non-hydrogen) atoms. The fourth-order valence-corrected chi connectivity index (χ4v) is 10.8. The van der Waals surface area contributed by atoms with E-state index >= 15 is 0 Å². The Morgan fingerprint density at radius 1 is 0.515 bits per heavy atom. The van der Waals surface area contributed by atoms with Gasteiger partial charge in [-0.25, -0.2) is 9.67 Å². The van der Waals surface area contributed by atoms with Crippen molar-refractivity contribution >= 4 is 38.9 Å². The van der Waals surface area contributed by atoms with Gasteiger partial charge in [0.2, 0.25) is 0 Å². The van der Waals surface area contributed by atoms with Gasteiger partial charge in [-0.15, -0.1) is 0 Å². The molecule has 0 amide bonds. The van der Waals surface area contributed by atoms with E-state index in [1.807, 2.05) is 6.20 Å². The second-order valence-electron chi connectivity index (χ2n) is 20.7. The van der Waals surface area contributed by atoms with Crippen molar-refractivity contribution < 1.29 is 0 Å². The smallest absolute Gasteiger partial charge is 0.137 e. The van der Waals surface area contributed by atoms with E-state index in [-0.39, 0.29) is 10.8 Å². The van der Waals surface area contributed by atoms with Crippen molar-refractivity contribution in [2.75, 3.05) is 4.90 Å². The van der Waals surface area contributed by atoms with Gasteiger partial charge >= 0.3 is 0 Å². The zero-order valence-electron chi connectivity index (χ0n) is 40.7. The van der Waals surface area contributed by atoms with Gasteiger partial charge in [0.25, 0.3) is 0 Å². The highest BCUT2D eigenvalue weighted by Crippen LogP contribution is 2.54. The first-order valence-corrected chi connectivity index (χ1v) is 24.2. The lowest BCUT2D eigenvalue weighted by atomic mass is 9.73. The SMILES string of the molecule is CC(C)c1cccc(C(C)C)c1-c1c(-c2ccccc2)nn(-c2ccc3c(c2)N(c2ccc4c5ccccc5n(-c5cc(C(C)(C)C)ccn5)c4c2)c2ccccc2C3(C)C)c1-c1ccccc1. The van der Waals surface area contributed by atoms with E-state index in [1.54, 1.807) is 0 Å². The molecular formula is C63H59N5. The quantitative estimate of drug-likeness (QED) is 0.153. The monoisotopic (exact) mass is 885 g/mol. The summed E-state index contributed by atoms with van der Waals surface area (Å²) in [6.07, 6.45) is 1.96. The topological polar surface area (TPSA) is 38.9 Å². The number of aromatic nitrogens is 4. The molecule has 0 unspecified atom stereocenters. The van der Waals surface area contributed by atoms with Crippen LogP contribution in [0, 0.1) is 0 Å². The van der Waals surface area contributed by atoms with Gasteiger partial charge in [0.05, 0.1) is 33.8 Å². The van der Waals surface area contributed by atoms with Crippen LogP contribution in [0.3, 0.4) is 0 Å². The fraction of sp³-hybridized carbons (Fsp3) is 0.206. The lowest BCUT2D eigenvalue weighted by molar-refractivity contribution is 0.588. The van der Waals surface area contributed by atoms with E-state index in [0.29, 0.717) is 11.8 Å². The van der Waals surface area contributed by atoms with Crippen LogP contribution in [0.5, 0.6) is 0 Å². The largest absolute Gasteiger partial charge is 0.310 e. The van der Waals surface area contributed by atoms with Gasteiger partial charge in [-0.2, -0.15) is 5.10 Å². The second kappa shape index (κ2) is 16.4. The molecule has 0 N–H and O–H groups in total. The molecule has 1 aliphatic heterocycles. The van der Waals surface area contributed by atoms with Crippen molar-refractivity contribution in [3.63, 3.8) is 0 Å². The first-order valence-electron chi connectivity index (χ1n) is 24.2. The summed E-state index contributed by atoms with van der Waals surface area (Å²) in [6.45, 7) is 20.8. The maximum atomic E-state index is 5.75. The van der Waals surface area contributed by atoms with Crippen LogP contribution in [-0.2, 0) is 10.8 Å². The molecular weight excluding hydrogens is 827 g/mol. The van der Waals surface area contributed by atoms with Crippen LogP contribution in [0.15, 0.2) is 182 Å². The highest BCUT2D eigenvalue weighted by atomic mass is 15.3. The first-order chi connectivity index (χ1) is 32.8. The molecule has 1 aliphatic rings. The van der Waals surface area contributed by atoms with Crippen molar-refractivity contribution in [2.45, 2.75) is 85.0 Å². The van der Waals surface area contributed by atoms with Crippen LogP contribution in [0.1, 0.15) is 102 Å². The Morgan fingerprint density at radius 3 is 1.84 bits per heavy atom. The Hall–Kier alpha value is -7.50. The van der Waals surface area contributed by atoms with Crippen molar-refractivity contribution in [3.8, 4) is 45.1 Å². The van der Waals surface area contributed by atoms with Crippen LogP contribution in [0.2, 0.25) is 0 Å². The number of hydrogen-bond acceptors (Lipinski definition) is 3. The summed E-state index contributed by atoms with van der Waals surface area (Å²) in [5.74, 6) is 1.52. The molecule has 0 bridgehead atoms. The van der Waals surface area contributed by atoms with Gasteiger partial charge < -0.3 is 4.90 Å². The van der Waals surface area contributed by atoms with Crippen molar-refractivity contribution in [1.29, 1.82) is 0 Å². The van der Waals surface area contributed by atoms with Crippen molar-refractivity contribution in [1.82, 2.24) is 19.3 Å². The third-order valence-corrected chi connectivity index (χ3v) is 14.3. The average Bonchev–Trinajstić information content (AvgIpc) is 3.91. The molecule has 4 heterocycles. The van der Waals surface area contributed by atoms with E-state index in [1.165, 1.54) is 49.8 Å². The maximum absolute atomic E-state index is 5.75. The van der Waals surface area contributed by atoms with Crippen LogP contribution < -0.4 is 4.90 Å². The van der Waals surface area contributed by atoms with E-state index in [0.717, 1.165) is 62.0 Å². The van der Waals surface area contributed by atoms with Gasteiger partial charge in [-0.1, -0.05) is 190 Å². The number of rotatable bonds is 8. The summed E-state index contributed by atoms with van der Waals surface area (Å²) in [6, 6.07) is 64.6. The molecule has 0 fully saturated rings. The molecule has 336 valence electrons. The number of nitrogens with zero attached hydrogens (tertiary/aromatic N) is 5. The number of benzene rings is 7. The Labute approximate surface area is 401 Å². The minimum absolute atomic E-state index is 0.0283. The van der Waals surface area contributed by atoms with Crippen LogP contribution in [0.25, 0.3) is 67.0 Å². The Morgan fingerprint density at radius 2 is 1.13 bits per heavy atom. The summed E-state index contributed by atoms with van der Waals surface area (Å²) in [4.78, 5) is 7.51. The number of fused-ring (bicyclic) bond motifs is 5. The molecule has 0 saturated heterocycles. The summed E-state index contributed by atoms with van der Waals surface area (Å²) < 4.78 is 4.58. The van der Waals surface area contributed by atoms with E-state index in [9.17, 15) is 0 Å². The molecule has 0 spiro atoms. The molecule has 5 nitrogen and oxygen atoms in total. The zero-order chi connectivity index (χ0) is 47.1. The highest BCUT2D eigenvalue weighted by Gasteiger charge is 2.38. The first kappa shape index (κ1) is 43.1. The summed E-state index contributed by atoms with van der Waals surface area (Å²) >= 11 is 0. The van der Waals surface area contributed by atoms with Gasteiger partial charge in [0, 0.05) is 44.8 Å². The molecule has 3 aromatic heterocycles. The predicted octanol–water partition coefficient (Wildman–Crippen LogP) is 17.0. The lowest BCUT2D eigenvalue weighted by Gasteiger charge is -2.42. The number of para-hydroxylation sites is 2.